The van der Waals surface area contributed by atoms with Crippen molar-refractivity contribution >= 4 is 12.1 Å². The third-order valence-electron chi connectivity index (χ3n) is 8.36. The minimum absolute atomic E-state index is 0.0257. The molecule has 0 aromatic carbocycles. The molecule has 0 spiro atoms. The highest BCUT2D eigenvalue weighted by molar-refractivity contribution is 5.81. The Morgan fingerprint density at radius 3 is 2.47 bits per heavy atom. The van der Waals surface area contributed by atoms with E-state index in [9.17, 15) is 9.90 Å². The highest BCUT2D eigenvalue weighted by Crippen LogP contribution is 2.30. The fourth-order valence-corrected chi connectivity index (χ4v) is 5.63. The molecule has 6 N–H and O–H groups in total. The van der Waals surface area contributed by atoms with Crippen molar-refractivity contribution in [2.45, 2.75) is 128 Å². The van der Waals surface area contributed by atoms with Gasteiger partial charge in [0, 0.05) is 33.0 Å². The molecule has 10 heteroatoms. The molecule has 10 nitrogen and oxygen atoms in total. The maximum Gasteiger partial charge on any atom is 0.244 e. The van der Waals surface area contributed by atoms with E-state index >= 15 is 0 Å². The van der Waals surface area contributed by atoms with Crippen LogP contribution in [-0.4, -0.2) is 105 Å². The van der Waals surface area contributed by atoms with Crippen molar-refractivity contribution in [2.24, 2.45) is 16.5 Å². The molecular weight excluding hydrogens is 546 g/mol. The second-order valence-corrected chi connectivity index (χ2v) is 12.3. The number of nitrogens with one attached hydrogen (secondary N) is 1. The number of aliphatic hydroxyl groups is 1. The largest absolute Gasteiger partial charge is 0.388 e. The van der Waals surface area contributed by atoms with Crippen molar-refractivity contribution in [3.63, 3.8) is 0 Å². The van der Waals surface area contributed by atoms with Gasteiger partial charge in [0.15, 0.2) is 6.29 Å². The lowest BCUT2D eigenvalue weighted by molar-refractivity contribution is -0.254. The van der Waals surface area contributed by atoms with Gasteiger partial charge in [0.05, 0.1) is 24.3 Å². The first kappa shape index (κ1) is 37.3. The smallest absolute Gasteiger partial charge is 0.244 e. The van der Waals surface area contributed by atoms with E-state index in [0.717, 1.165) is 45.1 Å². The number of nitrogens with zero attached hydrogens (tertiary/aromatic N) is 2. The zero-order valence-corrected chi connectivity index (χ0v) is 27.6. The first-order chi connectivity index (χ1) is 20.5. The molecule has 246 valence electrons. The molecule has 0 bridgehead atoms. The third kappa shape index (κ3) is 12.5. The van der Waals surface area contributed by atoms with Gasteiger partial charge in [-0.15, -0.1) is 0 Å². The summed E-state index contributed by atoms with van der Waals surface area (Å²) in [7, 11) is 3.22. The normalized spacial score (nSPS) is 30.5. The van der Waals surface area contributed by atoms with Gasteiger partial charge in [0.1, 0.15) is 18.8 Å². The summed E-state index contributed by atoms with van der Waals surface area (Å²) in [4.78, 5) is 19.0. The fraction of sp³-hybridized carbons (Fsp3) is 0.758. The number of rotatable bonds is 16. The van der Waals surface area contributed by atoms with Crippen LogP contribution in [0.15, 0.2) is 39.9 Å². The number of ether oxygens (including phenoxy) is 3. The molecule has 5 unspecified atom stereocenters. The maximum atomic E-state index is 13.1. The molecular formula is C33H59N5O5. The lowest BCUT2D eigenvalue weighted by Gasteiger charge is -2.48. The predicted octanol–water partition coefficient (Wildman–Crippen LogP) is 3.24. The Balaban J connectivity index is 1.94. The van der Waals surface area contributed by atoms with Crippen molar-refractivity contribution in [2.75, 3.05) is 33.8 Å². The Kier molecular flexibility index (Phi) is 16.9. The number of amides is 1. The molecule has 0 aromatic rings. The van der Waals surface area contributed by atoms with E-state index < -0.39 is 36.7 Å². The standard InChI is InChI=1S/C33H59N5O5/c1-8-36-20-25-15-16-26(34)33(42-25)43-32-27(35)19-28(41-7)30(31(32)40)38(6)29(39)21-37-18-17-24(5)14-10-13-23(4)12-9-11-22(2)3/h11,13,17-18,25-28,30-33,36,40H,8-10,12,14-16,19-21,34-35H2,1-7H3/b23-13+,24-17+,37-18?/t25?,26?,27?,28-,30?,31?,32-,33+/m0/s1. The maximum absolute atomic E-state index is 13.1. The number of methoxy groups -OCH3 is 1. The fourth-order valence-electron chi connectivity index (χ4n) is 5.63. The summed E-state index contributed by atoms with van der Waals surface area (Å²) in [5, 5.41) is 14.7. The summed E-state index contributed by atoms with van der Waals surface area (Å²) in [6.07, 6.45) is 11.3. The van der Waals surface area contributed by atoms with Gasteiger partial charge in [-0.05, 0) is 85.3 Å². The number of allylic oxidation sites excluding steroid dienone is 6. The Labute approximate surface area is 260 Å². The van der Waals surface area contributed by atoms with E-state index in [2.05, 4.69) is 50.2 Å². The molecule has 43 heavy (non-hydrogen) atoms. The summed E-state index contributed by atoms with van der Waals surface area (Å²) in [6, 6.07) is -1.49. The highest BCUT2D eigenvalue weighted by atomic mass is 16.7. The lowest BCUT2D eigenvalue weighted by atomic mass is 9.83. The Hall–Kier alpha value is -1.92. The molecule has 2 fully saturated rings. The first-order valence-corrected chi connectivity index (χ1v) is 15.9. The lowest BCUT2D eigenvalue weighted by Crippen LogP contribution is -2.66. The van der Waals surface area contributed by atoms with Gasteiger partial charge >= 0.3 is 0 Å². The van der Waals surface area contributed by atoms with E-state index in [4.69, 9.17) is 25.7 Å². The molecule has 2 rings (SSSR count). The monoisotopic (exact) mass is 605 g/mol. The molecule has 0 radical (unpaired) electrons. The molecule has 2 aliphatic rings. The van der Waals surface area contributed by atoms with Gasteiger partial charge in [0.25, 0.3) is 0 Å². The molecule has 8 atom stereocenters. The quantitative estimate of drug-likeness (QED) is 0.155. The number of aliphatic imine (C=N–C) groups is 1. The van der Waals surface area contributed by atoms with Gasteiger partial charge in [0.2, 0.25) is 5.91 Å². The van der Waals surface area contributed by atoms with Gasteiger partial charge < -0.3 is 41.0 Å². The number of hydrogen-bond acceptors (Lipinski definition) is 9. The van der Waals surface area contributed by atoms with Crippen molar-refractivity contribution in [1.29, 1.82) is 0 Å². The number of likely N-dealkylation sites (N-methyl/N-ethyl adjacent to an activating group) is 2. The SMILES string of the molecule is CCNCC1CCC(N)[C@@H](O[C@H]2C(N)C[C@H](OC)C(N(C)C(=O)CN=C/C=C(\C)CC/C=C(\C)CCC=C(C)C)C2O)O1. The number of hydrogen-bond donors (Lipinski definition) is 4. The summed E-state index contributed by atoms with van der Waals surface area (Å²) >= 11 is 0. The van der Waals surface area contributed by atoms with Gasteiger partial charge in [-0.2, -0.15) is 0 Å². The average molecular weight is 606 g/mol. The minimum atomic E-state index is -1.09. The van der Waals surface area contributed by atoms with Crippen molar-refractivity contribution in [1.82, 2.24) is 10.2 Å². The van der Waals surface area contributed by atoms with Crippen molar-refractivity contribution in [3.05, 3.63) is 34.9 Å². The van der Waals surface area contributed by atoms with Crippen LogP contribution < -0.4 is 16.8 Å². The van der Waals surface area contributed by atoms with Crippen LogP contribution in [0.25, 0.3) is 0 Å². The highest BCUT2D eigenvalue weighted by Gasteiger charge is 2.48. The van der Waals surface area contributed by atoms with Crippen LogP contribution in [0.1, 0.15) is 79.6 Å². The molecule has 1 aliphatic carbocycles. The minimum Gasteiger partial charge on any atom is -0.388 e. The van der Waals surface area contributed by atoms with E-state index in [1.54, 1.807) is 20.4 Å². The van der Waals surface area contributed by atoms with Crippen LogP contribution in [0.4, 0.5) is 0 Å². The van der Waals surface area contributed by atoms with E-state index in [1.165, 1.54) is 21.6 Å². The average Bonchev–Trinajstić information content (AvgIpc) is 2.96. The van der Waals surface area contributed by atoms with E-state index in [-0.39, 0.29) is 24.6 Å². The van der Waals surface area contributed by atoms with Gasteiger partial charge in [-0.1, -0.05) is 35.8 Å². The molecule has 1 aliphatic heterocycles. The second kappa shape index (κ2) is 19.5. The van der Waals surface area contributed by atoms with Crippen LogP contribution in [-0.2, 0) is 19.0 Å². The third-order valence-corrected chi connectivity index (χ3v) is 8.36. The van der Waals surface area contributed by atoms with Gasteiger partial charge in [-0.3, -0.25) is 9.79 Å². The van der Waals surface area contributed by atoms with Crippen LogP contribution in [0, 0.1) is 0 Å². The number of carbonyl (C=O) groups excluding carboxylic acids is 1. The van der Waals surface area contributed by atoms with E-state index in [1.807, 2.05) is 13.0 Å². The number of nitrogens with two attached hydrogens (primary N) is 2. The predicted molar refractivity (Wildman–Crippen MR) is 174 cm³/mol. The van der Waals surface area contributed by atoms with Gasteiger partial charge in [-0.25, -0.2) is 0 Å². The Morgan fingerprint density at radius 2 is 1.79 bits per heavy atom. The first-order valence-electron chi connectivity index (χ1n) is 15.9. The zero-order valence-electron chi connectivity index (χ0n) is 27.6. The second-order valence-electron chi connectivity index (χ2n) is 12.3. The van der Waals surface area contributed by atoms with Crippen LogP contribution in [0.3, 0.4) is 0 Å². The van der Waals surface area contributed by atoms with Crippen LogP contribution in [0.5, 0.6) is 0 Å². The Morgan fingerprint density at radius 1 is 1.09 bits per heavy atom. The summed E-state index contributed by atoms with van der Waals surface area (Å²) in [6.45, 7) is 12.1. The summed E-state index contributed by atoms with van der Waals surface area (Å²) in [5.41, 5.74) is 16.7. The topological polar surface area (TPSA) is 145 Å². The Bertz CT molecular complexity index is 961. The summed E-state index contributed by atoms with van der Waals surface area (Å²) < 4.78 is 18.0. The molecule has 1 amide bonds. The van der Waals surface area contributed by atoms with Crippen molar-refractivity contribution in [3.8, 4) is 0 Å². The number of aliphatic hydroxyl groups excluding tert-OH is 1. The van der Waals surface area contributed by atoms with Crippen LogP contribution >= 0.6 is 0 Å². The summed E-state index contributed by atoms with van der Waals surface area (Å²) in [5.74, 6) is -0.228. The van der Waals surface area contributed by atoms with Crippen LogP contribution in [0.2, 0.25) is 0 Å². The van der Waals surface area contributed by atoms with Crippen molar-refractivity contribution < 1.29 is 24.1 Å². The van der Waals surface area contributed by atoms with E-state index in [0.29, 0.717) is 13.0 Å². The molecule has 1 heterocycles. The number of carbonyl (C=O) groups is 1. The zero-order chi connectivity index (χ0) is 31.9. The molecule has 1 saturated carbocycles. The molecule has 0 aromatic heterocycles. The molecule has 1 saturated heterocycles.